The summed E-state index contributed by atoms with van der Waals surface area (Å²) in [4.78, 5) is 2.26. The van der Waals surface area contributed by atoms with E-state index in [0.29, 0.717) is 6.54 Å². The van der Waals surface area contributed by atoms with E-state index < -0.39 is 10.0 Å². The number of nitrogens with zero attached hydrogens (tertiary/aromatic N) is 2. The average molecular weight is 276 g/mol. The van der Waals surface area contributed by atoms with Gasteiger partial charge in [-0.3, -0.25) is 4.90 Å². The molecule has 0 amide bonds. The van der Waals surface area contributed by atoms with Crippen LogP contribution < -0.4 is 0 Å². The van der Waals surface area contributed by atoms with E-state index in [1.54, 1.807) is 11.2 Å². The van der Waals surface area contributed by atoms with E-state index in [9.17, 15) is 13.5 Å². The molecule has 2 atom stereocenters. The van der Waals surface area contributed by atoms with Crippen LogP contribution in [-0.4, -0.2) is 66.8 Å². The van der Waals surface area contributed by atoms with Crippen molar-refractivity contribution in [3.8, 4) is 0 Å². The Bertz CT molecular complexity index is 372. The molecule has 0 radical (unpaired) electrons. The van der Waals surface area contributed by atoms with Crippen LogP contribution in [-0.2, 0) is 10.0 Å². The maximum atomic E-state index is 12.0. The molecule has 106 valence electrons. The first kappa shape index (κ1) is 14.2. The quantitative estimate of drug-likeness (QED) is 0.782. The van der Waals surface area contributed by atoms with Crippen molar-refractivity contribution in [1.29, 1.82) is 0 Å². The molecule has 2 unspecified atom stereocenters. The second kappa shape index (κ2) is 5.86. The van der Waals surface area contributed by atoms with Crippen molar-refractivity contribution in [3.63, 3.8) is 0 Å². The van der Waals surface area contributed by atoms with Crippen LogP contribution in [0.5, 0.6) is 0 Å². The van der Waals surface area contributed by atoms with Crippen molar-refractivity contribution in [2.75, 3.05) is 32.0 Å². The maximum Gasteiger partial charge on any atom is 0.214 e. The molecule has 2 heterocycles. The fourth-order valence-corrected chi connectivity index (χ4v) is 4.50. The predicted molar refractivity (Wildman–Crippen MR) is 70.9 cm³/mol. The lowest BCUT2D eigenvalue weighted by atomic mass is 10.2. The van der Waals surface area contributed by atoms with Gasteiger partial charge in [-0.2, -0.15) is 4.31 Å². The van der Waals surface area contributed by atoms with E-state index in [4.69, 9.17) is 0 Å². The normalized spacial score (nSPS) is 31.2. The zero-order valence-electron chi connectivity index (χ0n) is 11.1. The summed E-state index contributed by atoms with van der Waals surface area (Å²) in [6.45, 7) is 4.33. The van der Waals surface area contributed by atoms with Crippen LogP contribution in [0.2, 0.25) is 0 Å². The fraction of sp³-hybridized carbons (Fsp3) is 1.00. The Morgan fingerprint density at radius 3 is 2.50 bits per heavy atom. The molecular formula is C12H24N2O3S. The van der Waals surface area contributed by atoms with Gasteiger partial charge in [-0.15, -0.1) is 0 Å². The number of hydrogen-bond donors (Lipinski definition) is 1. The van der Waals surface area contributed by atoms with E-state index >= 15 is 0 Å². The largest absolute Gasteiger partial charge is 0.395 e. The van der Waals surface area contributed by atoms with E-state index in [1.165, 1.54) is 0 Å². The van der Waals surface area contributed by atoms with Crippen LogP contribution in [0.3, 0.4) is 0 Å². The molecule has 0 aliphatic carbocycles. The van der Waals surface area contributed by atoms with Gasteiger partial charge in [0.1, 0.15) is 0 Å². The molecule has 0 spiro atoms. The third-order valence-electron chi connectivity index (χ3n) is 4.20. The third-order valence-corrected chi connectivity index (χ3v) is 6.13. The van der Waals surface area contributed by atoms with Gasteiger partial charge in [0.2, 0.25) is 10.0 Å². The summed E-state index contributed by atoms with van der Waals surface area (Å²) in [5.41, 5.74) is 0. The first-order chi connectivity index (χ1) is 8.58. The molecule has 2 aliphatic rings. The van der Waals surface area contributed by atoms with Crippen LogP contribution in [0.15, 0.2) is 0 Å². The molecule has 2 aliphatic heterocycles. The lowest BCUT2D eigenvalue weighted by Crippen LogP contribution is -2.45. The lowest BCUT2D eigenvalue weighted by molar-refractivity contribution is 0.140. The first-order valence-electron chi connectivity index (χ1n) is 6.93. The lowest BCUT2D eigenvalue weighted by Gasteiger charge is -2.30. The highest BCUT2D eigenvalue weighted by Crippen LogP contribution is 2.25. The van der Waals surface area contributed by atoms with Gasteiger partial charge in [0, 0.05) is 25.2 Å². The second-order valence-corrected chi connectivity index (χ2v) is 7.49. The summed E-state index contributed by atoms with van der Waals surface area (Å²) in [6.07, 6.45) is 4.05. The molecule has 0 aromatic heterocycles. The van der Waals surface area contributed by atoms with E-state index in [-0.39, 0.29) is 24.4 Å². The molecular weight excluding hydrogens is 252 g/mol. The summed E-state index contributed by atoms with van der Waals surface area (Å²) in [6, 6.07) is 0.346. The summed E-state index contributed by atoms with van der Waals surface area (Å²) in [7, 11) is -3.07. The second-order valence-electron chi connectivity index (χ2n) is 5.28. The zero-order chi connectivity index (χ0) is 13.2. The van der Waals surface area contributed by atoms with Gasteiger partial charge in [0.05, 0.1) is 12.4 Å². The van der Waals surface area contributed by atoms with Gasteiger partial charge >= 0.3 is 0 Å². The van der Waals surface area contributed by atoms with Gasteiger partial charge in [0.15, 0.2) is 0 Å². The molecule has 0 aromatic rings. The highest BCUT2D eigenvalue weighted by atomic mass is 32.2. The highest BCUT2D eigenvalue weighted by Gasteiger charge is 2.36. The maximum absolute atomic E-state index is 12.0. The van der Waals surface area contributed by atoms with E-state index in [2.05, 4.69) is 4.90 Å². The highest BCUT2D eigenvalue weighted by molar-refractivity contribution is 7.89. The average Bonchev–Trinajstić information content (AvgIpc) is 2.98. The standard InChI is InChI=1S/C12H24N2O3S/c1-2-18(16,17)14-8-4-5-11(14)9-13-7-3-6-12(13)10-15/h11-12,15H,2-10H2,1H3. The SMILES string of the molecule is CCS(=O)(=O)N1CCCC1CN1CCCC1CO. The molecule has 18 heavy (non-hydrogen) atoms. The first-order valence-corrected chi connectivity index (χ1v) is 8.54. The van der Waals surface area contributed by atoms with Gasteiger partial charge in [-0.1, -0.05) is 0 Å². The van der Waals surface area contributed by atoms with Crippen LogP contribution >= 0.6 is 0 Å². The monoisotopic (exact) mass is 276 g/mol. The van der Waals surface area contributed by atoms with Gasteiger partial charge in [-0.25, -0.2) is 8.42 Å². The topological polar surface area (TPSA) is 60.9 Å². The molecule has 0 aromatic carbocycles. The molecule has 1 N–H and O–H groups in total. The van der Waals surface area contributed by atoms with Crippen LogP contribution in [0, 0.1) is 0 Å². The number of hydrogen-bond acceptors (Lipinski definition) is 4. The Morgan fingerprint density at radius 2 is 1.83 bits per heavy atom. The van der Waals surface area contributed by atoms with Crippen molar-refractivity contribution in [2.24, 2.45) is 0 Å². The Labute approximate surface area is 110 Å². The van der Waals surface area contributed by atoms with Gasteiger partial charge in [-0.05, 0) is 39.2 Å². The fourth-order valence-electron chi connectivity index (χ4n) is 3.14. The van der Waals surface area contributed by atoms with Crippen LogP contribution in [0.1, 0.15) is 32.6 Å². The minimum atomic E-state index is -3.07. The van der Waals surface area contributed by atoms with Crippen molar-refractivity contribution in [1.82, 2.24) is 9.21 Å². The van der Waals surface area contributed by atoms with Crippen molar-refractivity contribution in [2.45, 2.75) is 44.7 Å². The Hall–Kier alpha value is -0.170. The number of sulfonamides is 1. The molecule has 2 saturated heterocycles. The van der Waals surface area contributed by atoms with E-state index in [0.717, 1.165) is 38.8 Å². The smallest absolute Gasteiger partial charge is 0.214 e. The summed E-state index contributed by atoms with van der Waals surface area (Å²) in [5.74, 6) is 0.187. The summed E-state index contributed by atoms with van der Waals surface area (Å²) < 4.78 is 25.7. The minimum Gasteiger partial charge on any atom is -0.395 e. The predicted octanol–water partition coefficient (Wildman–Crippen LogP) is 0.257. The van der Waals surface area contributed by atoms with Gasteiger partial charge < -0.3 is 5.11 Å². The zero-order valence-corrected chi connectivity index (χ0v) is 11.9. The Balaban J connectivity index is 2.00. The van der Waals surface area contributed by atoms with Crippen molar-refractivity contribution in [3.05, 3.63) is 0 Å². The molecule has 2 fully saturated rings. The van der Waals surface area contributed by atoms with Crippen LogP contribution in [0.4, 0.5) is 0 Å². The molecule has 5 nitrogen and oxygen atoms in total. The number of aliphatic hydroxyl groups is 1. The van der Waals surface area contributed by atoms with Gasteiger partial charge in [0.25, 0.3) is 0 Å². The number of likely N-dealkylation sites (tertiary alicyclic amines) is 1. The summed E-state index contributed by atoms with van der Waals surface area (Å²) in [5, 5.41) is 9.31. The Kier molecular flexibility index (Phi) is 4.64. The number of aliphatic hydroxyl groups excluding tert-OH is 1. The molecule has 6 heteroatoms. The van der Waals surface area contributed by atoms with Crippen molar-refractivity contribution < 1.29 is 13.5 Å². The van der Waals surface area contributed by atoms with E-state index in [1.807, 2.05) is 0 Å². The number of rotatable bonds is 5. The molecule has 2 rings (SSSR count). The molecule has 0 saturated carbocycles. The molecule has 0 bridgehead atoms. The Morgan fingerprint density at radius 1 is 1.17 bits per heavy atom. The summed E-state index contributed by atoms with van der Waals surface area (Å²) >= 11 is 0. The van der Waals surface area contributed by atoms with Crippen molar-refractivity contribution >= 4 is 10.0 Å². The third kappa shape index (κ3) is 2.87. The van der Waals surface area contributed by atoms with Crippen LogP contribution in [0.25, 0.3) is 0 Å². The minimum absolute atomic E-state index is 0.113.